The topological polar surface area (TPSA) is 71.0 Å². The quantitative estimate of drug-likeness (QED) is 0.585. The fraction of sp³-hybridized carbons (Fsp3) is 0.208. The lowest BCUT2D eigenvalue weighted by atomic mass is 10.0. The number of ether oxygens (including phenoxy) is 2. The van der Waals surface area contributed by atoms with Gasteiger partial charge in [-0.05, 0) is 61.6 Å². The molecule has 156 valence electrons. The predicted molar refractivity (Wildman–Crippen MR) is 119 cm³/mol. The molecule has 0 bridgehead atoms. The van der Waals surface area contributed by atoms with E-state index in [-0.39, 0.29) is 11.7 Å². The van der Waals surface area contributed by atoms with Crippen LogP contribution in [0.3, 0.4) is 0 Å². The molecule has 30 heavy (non-hydrogen) atoms. The maximum absolute atomic E-state index is 12.7. The number of hydrogen-bond acceptors (Lipinski definition) is 5. The SMILES string of the molecule is COc1ccc(NC(=O)c2ccc(-c3cccc(O)c3)cc2)cc1OCCN(C)C. The second-order valence-corrected chi connectivity index (χ2v) is 7.10. The van der Waals surface area contributed by atoms with Crippen molar-refractivity contribution in [3.05, 3.63) is 72.3 Å². The molecule has 2 N–H and O–H groups in total. The number of nitrogens with one attached hydrogen (secondary N) is 1. The summed E-state index contributed by atoms with van der Waals surface area (Å²) < 4.78 is 11.1. The maximum Gasteiger partial charge on any atom is 0.255 e. The molecule has 0 spiro atoms. The summed E-state index contributed by atoms with van der Waals surface area (Å²) in [5.74, 6) is 1.18. The summed E-state index contributed by atoms with van der Waals surface area (Å²) in [7, 11) is 5.53. The van der Waals surface area contributed by atoms with Crippen molar-refractivity contribution in [2.45, 2.75) is 0 Å². The molecular weight excluding hydrogens is 380 g/mol. The van der Waals surface area contributed by atoms with Gasteiger partial charge in [0.05, 0.1) is 7.11 Å². The second-order valence-electron chi connectivity index (χ2n) is 7.10. The Bertz CT molecular complexity index is 1000. The summed E-state index contributed by atoms with van der Waals surface area (Å²) in [6, 6.07) is 19.5. The molecule has 0 aliphatic heterocycles. The summed E-state index contributed by atoms with van der Waals surface area (Å²) in [6.45, 7) is 1.28. The van der Waals surface area contributed by atoms with E-state index in [2.05, 4.69) is 5.32 Å². The fourth-order valence-electron chi connectivity index (χ4n) is 2.91. The molecule has 0 atom stereocenters. The van der Waals surface area contributed by atoms with Gasteiger partial charge in [0.2, 0.25) is 0 Å². The molecule has 3 aromatic carbocycles. The highest BCUT2D eigenvalue weighted by molar-refractivity contribution is 6.04. The van der Waals surface area contributed by atoms with Gasteiger partial charge in [0, 0.05) is 23.9 Å². The number of methoxy groups -OCH3 is 1. The molecule has 0 aliphatic rings. The van der Waals surface area contributed by atoms with E-state index in [1.165, 1.54) is 0 Å². The number of carbonyl (C=O) groups is 1. The van der Waals surface area contributed by atoms with Crippen LogP contribution in [0.4, 0.5) is 5.69 Å². The van der Waals surface area contributed by atoms with Crippen LogP contribution in [-0.4, -0.2) is 50.3 Å². The number of phenols is 1. The Kier molecular flexibility index (Phi) is 6.93. The average molecular weight is 406 g/mol. The van der Waals surface area contributed by atoms with E-state index < -0.39 is 0 Å². The normalized spacial score (nSPS) is 10.7. The number of likely N-dealkylation sites (N-methyl/N-ethyl adjacent to an activating group) is 1. The minimum absolute atomic E-state index is 0.206. The zero-order valence-electron chi connectivity index (χ0n) is 17.4. The molecule has 0 saturated heterocycles. The third-order valence-electron chi connectivity index (χ3n) is 4.54. The molecule has 0 heterocycles. The molecule has 0 fully saturated rings. The Hall–Kier alpha value is -3.51. The van der Waals surface area contributed by atoms with E-state index in [1.54, 1.807) is 55.6 Å². The number of amides is 1. The molecule has 0 unspecified atom stereocenters. The second kappa shape index (κ2) is 9.80. The van der Waals surface area contributed by atoms with Crippen molar-refractivity contribution in [3.63, 3.8) is 0 Å². The molecule has 0 saturated carbocycles. The van der Waals surface area contributed by atoms with Gasteiger partial charge in [-0.2, -0.15) is 0 Å². The van der Waals surface area contributed by atoms with Crippen LogP contribution < -0.4 is 14.8 Å². The number of anilines is 1. The number of nitrogens with zero attached hydrogens (tertiary/aromatic N) is 1. The zero-order chi connectivity index (χ0) is 21.5. The van der Waals surface area contributed by atoms with Crippen molar-refractivity contribution in [2.75, 3.05) is 39.7 Å². The number of phenolic OH excluding ortho intramolecular Hbond substituents is 1. The molecule has 0 aromatic heterocycles. The number of hydrogen-bond donors (Lipinski definition) is 2. The van der Waals surface area contributed by atoms with Crippen LogP contribution >= 0.6 is 0 Å². The van der Waals surface area contributed by atoms with Gasteiger partial charge in [-0.3, -0.25) is 4.79 Å². The average Bonchev–Trinajstić information content (AvgIpc) is 2.74. The number of aromatic hydroxyl groups is 1. The van der Waals surface area contributed by atoms with Crippen molar-refractivity contribution < 1.29 is 19.4 Å². The molecule has 0 aliphatic carbocycles. The van der Waals surface area contributed by atoms with Crippen molar-refractivity contribution >= 4 is 11.6 Å². The van der Waals surface area contributed by atoms with Crippen LogP contribution in [0.5, 0.6) is 17.2 Å². The summed E-state index contributed by atoms with van der Waals surface area (Å²) in [5.41, 5.74) is 2.96. The van der Waals surface area contributed by atoms with E-state index in [4.69, 9.17) is 9.47 Å². The Morgan fingerprint density at radius 1 is 0.967 bits per heavy atom. The Morgan fingerprint density at radius 3 is 2.40 bits per heavy atom. The minimum atomic E-state index is -0.220. The maximum atomic E-state index is 12.7. The Labute approximate surface area is 176 Å². The molecule has 3 aromatic rings. The third kappa shape index (κ3) is 5.52. The van der Waals surface area contributed by atoms with E-state index in [0.29, 0.717) is 29.4 Å². The number of carbonyl (C=O) groups excluding carboxylic acids is 1. The van der Waals surface area contributed by atoms with Crippen LogP contribution in [0, 0.1) is 0 Å². The van der Waals surface area contributed by atoms with Crippen LogP contribution in [-0.2, 0) is 0 Å². The Morgan fingerprint density at radius 2 is 1.73 bits per heavy atom. The summed E-state index contributed by atoms with van der Waals surface area (Å²) in [5, 5.41) is 12.5. The molecule has 0 radical (unpaired) electrons. The molecule has 6 nitrogen and oxygen atoms in total. The highest BCUT2D eigenvalue weighted by Crippen LogP contribution is 2.30. The monoisotopic (exact) mass is 406 g/mol. The lowest BCUT2D eigenvalue weighted by Gasteiger charge is -2.15. The molecule has 6 heteroatoms. The van der Waals surface area contributed by atoms with Gasteiger partial charge in [0.15, 0.2) is 11.5 Å². The van der Waals surface area contributed by atoms with E-state index in [1.807, 2.05) is 37.2 Å². The van der Waals surface area contributed by atoms with Crippen molar-refractivity contribution in [3.8, 4) is 28.4 Å². The molecule has 3 rings (SSSR count). The summed E-state index contributed by atoms with van der Waals surface area (Å²) in [6.07, 6.45) is 0. The first kappa shape index (κ1) is 21.2. The minimum Gasteiger partial charge on any atom is -0.508 e. The van der Waals surface area contributed by atoms with E-state index in [0.717, 1.165) is 17.7 Å². The largest absolute Gasteiger partial charge is 0.508 e. The van der Waals surface area contributed by atoms with Crippen molar-refractivity contribution in [1.29, 1.82) is 0 Å². The fourth-order valence-corrected chi connectivity index (χ4v) is 2.91. The molecular formula is C24H26N2O4. The first-order valence-electron chi connectivity index (χ1n) is 9.62. The summed E-state index contributed by atoms with van der Waals surface area (Å²) in [4.78, 5) is 14.7. The van der Waals surface area contributed by atoms with Gasteiger partial charge >= 0.3 is 0 Å². The number of rotatable bonds is 8. The van der Waals surface area contributed by atoms with Crippen LogP contribution in [0.2, 0.25) is 0 Å². The van der Waals surface area contributed by atoms with E-state index >= 15 is 0 Å². The van der Waals surface area contributed by atoms with Gasteiger partial charge in [-0.15, -0.1) is 0 Å². The highest BCUT2D eigenvalue weighted by Gasteiger charge is 2.11. The van der Waals surface area contributed by atoms with Gasteiger partial charge in [-0.25, -0.2) is 0 Å². The first-order valence-corrected chi connectivity index (χ1v) is 9.62. The predicted octanol–water partition coefficient (Wildman–Crippen LogP) is 4.26. The van der Waals surface area contributed by atoms with Crippen LogP contribution in [0.25, 0.3) is 11.1 Å². The zero-order valence-corrected chi connectivity index (χ0v) is 17.4. The smallest absolute Gasteiger partial charge is 0.255 e. The van der Waals surface area contributed by atoms with Gasteiger partial charge in [-0.1, -0.05) is 24.3 Å². The van der Waals surface area contributed by atoms with Crippen molar-refractivity contribution in [1.82, 2.24) is 4.90 Å². The lowest BCUT2D eigenvalue weighted by molar-refractivity contribution is 0.102. The highest BCUT2D eigenvalue weighted by atomic mass is 16.5. The standard InChI is InChI=1S/C24H26N2O4/c1-26(2)13-14-30-23-16-20(11-12-22(23)29-3)25-24(28)18-9-7-17(8-10-18)19-5-4-6-21(27)15-19/h4-12,15-16,27H,13-14H2,1-3H3,(H,25,28). The van der Waals surface area contributed by atoms with Gasteiger partial charge in [0.1, 0.15) is 12.4 Å². The summed E-state index contributed by atoms with van der Waals surface area (Å²) >= 11 is 0. The van der Waals surface area contributed by atoms with E-state index in [9.17, 15) is 9.90 Å². The van der Waals surface area contributed by atoms with Crippen LogP contribution in [0.1, 0.15) is 10.4 Å². The van der Waals surface area contributed by atoms with Gasteiger partial charge in [0.25, 0.3) is 5.91 Å². The first-order chi connectivity index (χ1) is 14.5. The van der Waals surface area contributed by atoms with Crippen LogP contribution in [0.15, 0.2) is 66.7 Å². The van der Waals surface area contributed by atoms with Gasteiger partial charge < -0.3 is 24.8 Å². The van der Waals surface area contributed by atoms with Crippen molar-refractivity contribution in [2.24, 2.45) is 0 Å². The third-order valence-corrected chi connectivity index (χ3v) is 4.54. The lowest BCUT2D eigenvalue weighted by Crippen LogP contribution is -2.19. The Balaban J connectivity index is 1.70. The number of benzene rings is 3. The molecule has 1 amide bonds.